The molecule has 0 radical (unpaired) electrons. The molecule has 33 heavy (non-hydrogen) atoms. The molecule has 10 heteroatoms. The number of carbonyl (C=O) groups is 4. The van der Waals surface area contributed by atoms with Gasteiger partial charge >= 0.3 is 6.03 Å². The number of hydrogen-bond acceptors (Lipinski definition) is 5. The van der Waals surface area contributed by atoms with Crippen LogP contribution in [0.1, 0.15) is 34.3 Å². The Balaban J connectivity index is 1.31. The second-order valence-corrected chi connectivity index (χ2v) is 9.42. The van der Waals surface area contributed by atoms with E-state index in [1.807, 2.05) is 25.1 Å². The van der Waals surface area contributed by atoms with Gasteiger partial charge in [-0.25, -0.2) is 4.79 Å². The van der Waals surface area contributed by atoms with Crippen molar-refractivity contribution >= 4 is 52.8 Å². The average molecular weight is 487 g/mol. The maximum Gasteiger partial charge on any atom is 0.319 e. The SMILES string of the molecule is Cc1ccc(NC(=O)NCCSc2cccc3c2CN(C2CCC(=O)NC2=O)C3=O)cc1Cl. The van der Waals surface area contributed by atoms with Crippen LogP contribution >= 0.6 is 23.4 Å². The Kier molecular flexibility index (Phi) is 6.90. The van der Waals surface area contributed by atoms with Crippen LogP contribution in [-0.2, 0) is 16.1 Å². The molecular formula is C23H23ClN4O4S. The molecule has 2 aliphatic heterocycles. The van der Waals surface area contributed by atoms with Crippen molar-refractivity contribution in [1.82, 2.24) is 15.5 Å². The molecular weight excluding hydrogens is 464 g/mol. The van der Waals surface area contributed by atoms with Gasteiger partial charge in [0.2, 0.25) is 11.8 Å². The normalized spacial score (nSPS) is 17.6. The first-order valence-corrected chi connectivity index (χ1v) is 11.9. The summed E-state index contributed by atoms with van der Waals surface area (Å²) in [4.78, 5) is 51.2. The Labute approximate surface area is 200 Å². The number of anilines is 1. The molecule has 4 rings (SSSR count). The van der Waals surface area contributed by atoms with Crippen molar-refractivity contribution in [3.8, 4) is 0 Å². The number of nitrogens with one attached hydrogen (secondary N) is 3. The van der Waals surface area contributed by atoms with Gasteiger partial charge in [0.25, 0.3) is 5.91 Å². The molecule has 172 valence electrons. The van der Waals surface area contributed by atoms with Gasteiger partial charge in [0.1, 0.15) is 6.04 Å². The van der Waals surface area contributed by atoms with Gasteiger partial charge < -0.3 is 15.5 Å². The lowest BCUT2D eigenvalue weighted by molar-refractivity contribution is -0.136. The number of rotatable bonds is 6. The maximum atomic E-state index is 12.9. The molecule has 2 aromatic rings. The zero-order valence-corrected chi connectivity index (χ0v) is 19.5. The number of imide groups is 1. The molecule has 1 atom stereocenters. The Bertz CT molecular complexity index is 1140. The van der Waals surface area contributed by atoms with E-state index >= 15 is 0 Å². The number of nitrogens with zero attached hydrogens (tertiary/aromatic N) is 1. The number of benzene rings is 2. The second-order valence-electron chi connectivity index (χ2n) is 7.88. The molecule has 2 aliphatic rings. The minimum Gasteiger partial charge on any atom is -0.337 e. The standard InChI is InChI=1S/C23H23ClN4O4S/c1-13-5-6-14(11-17(13)24)26-23(32)25-9-10-33-19-4-2-3-15-16(19)12-28(22(15)31)18-7-8-20(29)27-21(18)30/h2-6,11,18H,7-10,12H2,1H3,(H2,25,26,32)(H,27,29,30). The van der Waals surface area contributed by atoms with E-state index in [-0.39, 0.29) is 24.3 Å². The van der Waals surface area contributed by atoms with E-state index in [1.165, 1.54) is 16.7 Å². The summed E-state index contributed by atoms with van der Waals surface area (Å²) in [5.41, 5.74) is 3.00. The average Bonchev–Trinajstić information content (AvgIpc) is 3.11. The van der Waals surface area contributed by atoms with Gasteiger partial charge in [0, 0.05) is 46.4 Å². The summed E-state index contributed by atoms with van der Waals surface area (Å²) in [5.74, 6) is -0.327. The molecule has 1 unspecified atom stereocenters. The number of urea groups is 1. The Morgan fingerprint density at radius 3 is 2.82 bits per heavy atom. The topological polar surface area (TPSA) is 108 Å². The highest BCUT2D eigenvalue weighted by Crippen LogP contribution is 2.34. The van der Waals surface area contributed by atoms with Crippen LogP contribution in [0.3, 0.4) is 0 Å². The van der Waals surface area contributed by atoms with Crippen LogP contribution in [0.25, 0.3) is 0 Å². The van der Waals surface area contributed by atoms with E-state index in [1.54, 1.807) is 18.2 Å². The summed E-state index contributed by atoms with van der Waals surface area (Å²) >= 11 is 7.62. The third-order valence-corrected chi connectivity index (χ3v) is 7.12. The first-order valence-electron chi connectivity index (χ1n) is 10.5. The zero-order chi connectivity index (χ0) is 23.5. The van der Waals surface area contributed by atoms with Gasteiger partial charge in [-0.3, -0.25) is 19.7 Å². The number of hydrogen-bond donors (Lipinski definition) is 3. The van der Waals surface area contributed by atoms with E-state index < -0.39 is 11.9 Å². The number of aryl methyl sites for hydroxylation is 1. The van der Waals surface area contributed by atoms with Gasteiger partial charge in [0.15, 0.2) is 0 Å². The molecule has 1 saturated heterocycles. The molecule has 0 spiro atoms. The van der Waals surface area contributed by atoms with E-state index in [0.29, 0.717) is 41.5 Å². The summed E-state index contributed by atoms with van der Waals surface area (Å²) in [6, 6.07) is 9.86. The highest BCUT2D eigenvalue weighted by molar-refractivity contribution is 7.99. The minimum absolute atomic E-state index is 0.198. The maximum absolute atomic E-state index is 12.9. The minimum atomic E-state index is -0.638. The van der Waals surface area contributed by atoms with E-state index in [2.05, 4.69) is 16.0 Å². The van der Waals surface area contributed by atoms with Crippen molar-refractivity contribution in [1.29, 1.82) is 0 Å². The number of halogens is 1. The number of piperidine rings is 1. The van der Waals surface area contributed by atoms with Crippen LogP contribution < -0.4 is 16.0 Å². The van der Waals surface area contributed by atoms with E-state index in [4.69, 9.17) is 11.6 Å². The molecule has 0 saturated carbocycles. The van der Waals surface area contributed by atoms with Gasteiger partial charge in [-0.2, -0.15) is 0 Å². The lowest BCUT2D eigenvalue weighted by atomic mass is 10.0. The van der Waals surface area contributed by atoms with E-state index in [0.717, 1.165) is 16.0 Å². The van der Waals surface area contributed by atoms with Crippen molar-refractivity contribution < 1.29 is 19.2 Å². The fourth-order valence-electron chi connectivity index (χ4n) is 3.86. The smallest absolute Gasteiger partial charge is 0.319 e. The van der Waals surface area contributed by atoms with Gasteiger partial charge in [0.05, 0.1) is 0 Å². The summed E-state index contributed by atoms with van der Waals surface area (Å²) < 4.78 is 0. The predicted octanol–water partition coefficient (Wildman–Crippen LogP) is 3.32. The van der Waals surface area contributed by atoms with Crippen LogP contribution in [0, 0.1) is 6.92 Å². The van der Waals surface area contributed by atoms with Crippen molar-refractivity contribution in [2.75, 3.05) is 17.6 Å². The lowest BCUT2D eigenvalue weighted by Gasteiger charge is -2.29. The third kappa shape index (κ3) is 5.15. The third-order valence-electron chi connectivity index (χ3n) is 5.61. The molecule has 0 bridgehead atoms. The van der Waals surface area contributed by atoms with Crippen molar-refractivity contribution in [3.63, 3.8) is 0 Å². The molecule has 0 aliphatic carbocycles. The highest BCUT2D eigenvalue weighted by Gasteiger charge is 2.39. The van der Waals surface area contributed by atoms with Crippen molar-refractivity contribution in [3.05, 3.63) is 58.1 Å². The number of carbonyl (C=O) groups excluding carboxylic acids is 4. The molecule has 2 aromatic carbocycles. The molecule has 5 amide bonds. The van der Waals surface area contributed by atoms with Gasteiger partial charge in [-0.05, 0) is 48.7 Å². The van der Waals surface area contributed by atoms with Crippen molar-refractivity contribution in [2.24, 2.45) is 0 Å². The molecule has 2 heterocycles. The van der Waals surface area contributed by atoms with Crippen LogP contribution in [0.2, 0.25) is 5.02 Å². The Hall–Kier alpha value is -3.04. The van der Waals surface area contributed by atoms with Crippen LogP contribution in [0.4, 0.5) is 10.5 Å². The fourth-order valence-corrected chi connectivity index (χ4v) is 4.99. The van der Waals surface area contributed by atoms with Gasteiger partial charge in [-0.1, -0.05) is 23.7 Å². The fraction of sp³-hybridized carbons (Fsp3) is 0.304. The first kappa shape index (κ1) is 23.1. The predicted molar refractivity (Wildman–Crippen MR) is 126 cm³/mol. The van der Waals surface area contributed by atoms with Gasteiger partial charge in [-0.15, -0.1) is 11.8 Å². The quantitative estimate of drug-likeness (QED) is 0.330. The summed E-state index contributed by atoms with van der Waals surface area (Å²) in [7, 11) is 0. The van der Waals surface area contributed by atoms with Crippen LogP contribution in [0.5, 0.6) is 0 Å². The number of thioether (sulfide) groups is 1. The first-order chi connectivity index (χ1) is 15.8. The monoisotopic (exact) mass is 486 g/mol. The van der Waals surface area contributed by atoms with Crippen LogP contribution in [-0.4, -0.2) is 47.0 Å². The highest BCUT2D eigenvalue weighted by atomic mass is 35.5. The molecule has 1 fully saturated rings. The largest absolute Gasteiger partial charge is 0.337 e. The number of amides is 5. The number of fused-ring (bicyclic) bond motifs is 1. The summed E-state index contributed by atoms with van der Waals surface area (Å²) in [6.45, 7) is 2.64. The Morgan fingerprint density at radius 1 is 1.24 bits per heavy atom. The summed E-state index contributed by atoms with van der Waals surface area (Å²) in [6.07, 6.45) is 0.554. The molecule has 0 aromatic heterocycles. The van der Waals surface area contributed by atoms with Crippen molar-refractivity contribution in [2.45, 2.75) is 37.2 Å². The van der Waals surface area contributed by atoms with Crippen LogP contribution in [0.15, 0.2) is 41.3 Å². The Morgan fingerprint density at radius 2 is 2.06 bits per heavy atom. The molecule has 8 nitrogen and oxygen atoms in total. The van der Waals surface area contributed by atoms with E-state index in [9.17, 15) is 19.2 Å². The molecule has 3 N–H and O–H groups in total. The zero-order valence-electron chi connectivity index (χ0n) is 17.9. The summed E-state index contributed by atoms with van der Waals surface area (Å²) in [5, 5.41) is 8.45. The lowest BCUT2D eigenvalue weighted by Crippen LogP contribution is -2.52. The second kappa shape index (κ2) is 9.84.